The van der Waals surface area contributed by atoms with Crippen LogP contribution in [-0.4, -0.2) is 24.1 Å². The number of anilines is 1. The van der Waals surface area contributed by atoms with Gasteiger partial charge in [0.15, 0.2) is 0 Å². The number of carbonyl (C=O) groups is 2. The van der Waals surface area contributed by atoms with E-state index in [4.69, 9.17) is 11.5 Å². The van der Waals surface area contributed by atoms with E-state index in [1.165, 1.54) is 12.3 Å². The Labute approximate surface area is 146 Å². The molecular weight excluding hydrogens is 318 g/mol. The lowest BCUT2D eigenvalue weighted by atomic mass is 10.1. The topological polar surface area (TPSA) is 123 Å². The minimum atomic E-state index is -0.636. The highest BCUT2D eigenvalue weighted by Gasteiger charge is 2.19. The highest BCUT2D eigenvalue weighted by Crippen LogP contribution is 2.15. The van der Waals surface area contributed by atoms with E-state index in [0.717, 1.165) is 24.2 Å². The van der Waals surface area contributed by atoms with Crippen molar-refractivity contribution >= 4 is 23.2 Å². The molecule has 0 spiro atoms. The van der Waals surface area contributed by atoms with Crippen LogP contribution in [0.5, 0.6) is 0 Å². The van der Waals surface area contributed by atoms with Gasteiger partial charge in [0.25, 0.3) is 5.91 Å². The molecule has 7 nitrogen and oxygen atoms in total. The second kappa shape index (κ2) is 8.49. The summed E-state index contributed by atoms with van der Waals surface area (Å²) in [6.45, 7) is 4.49. The molecule has 1 aliphatic heterocycles. The third-order valence-corrected chi connectivity index (χ3v) is 3.55. The molecule has 0 aliphatic carbocycles. The van der Waals surface area contributed by atoms with Crippen molar-refractivity contribution in [3.05, 3.63) is 66.0 Å². The van der Waals surface area contributed by atoms with Gasteiger partial charge in [0.1, 0.15) is 0 Å². The van der Waals surface area contributed by atoms with E-state index in [1.807, 2.05) is 18.2 Å². The predicted octanol–water partition coefficient (Wildman–Crippen LogP) is 0.957. The van der Waals surface area contributed by atoms with E-state index in [0.29, 0.717) is 17.9 Å². The van der Waals surface area contributed by atoms with Crippen LogP contribution in [0, 0.1) is 0 Å². The van der Waals surface area contributed by atoms with Crippen LogP contribution in [0.4, 0.5) is 5.69 Å². The van der Waals surface area contributed by atoms with Crippen molar-refractivity contribution in [2.45, 2.75) is 13.0 Å². The number of aliphatic imine (C=N–C) groups is 1. The maximum Gasteiger partial charge on any atom is 0.252 e. The molecule has 2 rings (SSSR count). The van der Waals surface area contributed by atoms with Crippen LogP contribution in [0.1, 0.15) is 12.0 Å². The maximum absolute atomic E-state index is 11.6. The SMILES string of the molecule is C=CC(=O)Nc1cccc(CN=C(C2=CCCN2)C(=CN)C(N)=O)c1. The highest BCUT2D eigenvalue weighted by atomic mass is 16.1. The fourth-order valence-electron chi connectivity index (χ4n) is 2.38. The van der Waals surface area contributed by atoms with Crippen LogP contribution in [0.25, 0.3) is 0 Å². The third kappa shape index (κ3) is 4.81. The molecule has 7 heteroatoms. The molecule has 2 amide bonds. The number of amides is 2. The zero-order valence-corrected chi connectivity index (χ0v) is 13.8. The van der Waals surface area contributed by atoms with Crippen LogP contribution in [0.15, 0.2) is 65.5 Å². The molecule has 0 radical (unpaired) electrons. The normalized spacial score (nSPS) is 14.5. The summed E-state index contributed by atoms with van der Waals surface area (Å²) in [4.78, 5) is 27.5. The smallest absolute Gasteiger partial charge is 0.252 e. The highest BCUT2D eigenvalue weighted by molar-refractivity contribution is 6.27. The van der Waals surface area contributed by atoms with Crippen LogP contribution in [0.2, 0.25) is 0 Å². The summed E-state index contributed by atoms with van der Waals surface area (Å²) in [5.41, 5.74) is 13.8. The van der Waals surface area contributed by atoms with Crippen molar-refractivity contribution < 1.29 is 9.59 Å². The van der Waals surface area contributed by atoms with Crippen molar-refractivity contribution in [1.82, 2.24) is 5.32 Å². The monoisotopic (exact) mass is 339 g/mol. The Morgan fingerprint density at radius 3 is 2.80 bits per heavy atom. The van der Waals surface area contributed by atoms with Gasteiger partial charge in [-0.1, -0.05) is 24.8 Å². The average molecular weight is 339 g/mol. The predicted molar refractivity (Wildman–Crippen MR) is 98.6 cm³/mol. The lowest BCUT2D eigenvalue weighted by molar-refractivity contribution is -0.114. The second-order valence-corrected chi connectivity index (χ2v) is 5.34. The number of carbonyl (C=O) groups excluding carboxylic acids is 2. The van der Waals surface area contributed by atoms with Gasteiger partial charge in [-0.15, -0.1) is 0 Å². The Bertz CT molecular complexity index is 777. The molecular formula is C18H21N5O2. The fraction of sp³-hybridized carbons (Fsp3) is 0.167. The number of hydrogen-bond donors (Lipinski definition) is 4. The lowest BCUT2D eigenvalue weighted by Gasteiger charge is -2.11. The average Bonchev–Trinajstić information content (AvgIpc) is 3.12. The first-order chi connectivity index (χ1) is 12.0. The van der Waals surface area contributed by atoms with Crippen molar-refractivity contribution in [3.8, 4) is 0 Å². The summed E-state index contributed by atoms with van der Waals surface area (Å²) < 4.78 is 0. The first-order valence-corrected chi connectivity index (χ1v) is 7.78. The van der Waals surface area contributed by atoms with Crippen LogP contribution in [-0.2, 0) is 16.1 Å². The van der Waals surface area contributed by atoms with Crippen LogP contribution >= 0.6 is 0 Å². The molecule has 1 aromatic carbocycles. The van der Waals surface area contributed by atoms with Gasteiger partial charge < -0.3 is 22.1 Å². The number of benzene rings is 1. The molecule has 1 heterocycles. The summed E-state index contributed by atoms with van der Waals surface area (Å²) in [6.07, 6.45) is 5.16. The molecule has 0 atom stereocenters. The van der Waals surface area contributed by atoms with Gasteiger partial charge in [0.2, 0.25) is 5.91 Å². The standard InChI is InChI=1S/C18H21N5O2/c1-2-16(24)23-13-6-3-5-12(9-13)11-22-17(14(10-19)18(20)25)15-7-4-8-21-15/h2-3,5-7,9-10,21H,1,4,8,11,19H2,(H2,20,25)(H,23,24). The van der Waals surface area contributed by atoms with Gasteiger partial charge in [0, 0.05) is 18.4 Å². The Balaban J connectivity index is 2.26. The first-order valence-electron chi connectivity index (χ1n) is 7.78. The molecule has 0 unspecified atom stereocenters. The molecule has 0 saturated heterocycles. The number of allylic oxidation sites excluding steroid dienone is 1. The molecule has 6 N–H and O–H groups in total. The van der Waals surface area contributed by atoms with E-state index in [-0.39, 0.29) is 11.5 Å². The molecule has 0 bridgehead atoms. The van der Waals surface area contributed by atoms with Gasteiger partial charge in [-0.25, -0.2) is 0 Å². The lowest BCUT2D eigenvalue weighted by Crippen LogP contribution is -2.27. The zero-order chi connectivity index (χ0) is 18.2. The fourth-order valence-corrected chi connectivity index (χ4v) is 2.38. The summed E-state index contributed by atoms with van der Waals surface area (Å²) in [5.74, 6) is -0.924. The largest absolute Gasteiger partial charge is 0.404 e. The number of nitrogens with two attached hydrogens (primary N) is 2. The van der Waals surface area contributed by atoms with Gasteiger partial charge in [-0.3, -0.25) is 14.6 Å². The number of hydrogen-bond acceptors (Lipinski definition) is 5. The van der Waals surface area contributed by atoms with E-state index in [2.05, 4.69) is 22.2 Å². The quantitative estimate of drug-likeness (QED) is 0.436. The van der Waals surface area contributed by atoms with Crippen molar-refractivity contribution in [2.75, 3.05) is 11.9 Å². The van der Waals surface area contributed by atoms with E-state index in [9.17, 15) is 9.59 Å². The number of nitrogens with one attached hydrogen (secondary N) is 2. The Morgan fingerprint density at radius 2 is 2.20 bits per heavy atom. The molecule has 1 aliphatic rings. The van der Waals surface area contributed by atoms with Crippen LogP contribution < -0.4 is 22.1 Å². The van der Waals surface area contributed by atoms with Crippen molar-refractivity contribution in [1.29, 1.82) is 0 Å². The summed E-state index contributed by atoms with van der Waals surface area (Å²) in [5, 5.41) is 5.86. The van der Waals surface area contributed by atoms with Gasteiger partial charge in [-0.2, -0.15) is 0 Å². The molecule has 1 aromatic rings. The molecule has 130 valence electrons. The molecule has 0 fully saturated rings. The summed E-state index contributed by atoms with van der Waals surface area (Å²) in [7, 11) is 0. The summed E-state index contributed by atoms with van der Waals surface area (Å²) >= 11 is 0. The van der Waals surface area contributed by atoms with Crippen molar-refractivity contribution in [2.24, 2.45) is 16.5 Å². The zero-order valence-electron chi connectivity index (χ0n) is 13.8. The van der Waals surface area contributed by atoms with Gasteiger partial charge >= 0.3 is 0 Å². The number of nitrogens with zero attached hydrogens (tertiary/aromatic N) is 1. The van der Waals surface area contributed by atoms with Gasteiger partial charge in [0.05, 0.1) is 23.5 Å². The molecule has 0 aromatic heterocycles. The minimum absolute atomic E-state index is 0.164. The number of rotatable bonds is 7. The Kier molecular flexibility index (Phi) is 6.11. The second-order valence-electron chi connectivity index (χ2n) is 5.34. The van der Waals surface area contributed by atoms with Crippen molar-refractivity contribution in [3.63, 3.8) is 0 Å². The number of primary amides is 1. The molecule has 0 saturated carbocycles. The van der Waals surface area contributed by atoms with Crippen LogP contribution in [0.3, 0.4) is 0 Å². The van der Waals surface area contributed by atoms with E-state index in [1.54, 1.807) is 12.1 Å². The minimum Gasteiger partial charge on any atom is -0.404 e. The Hall–Kier alpha value is -3.35. The van der Waals surface area contributed by atoms with E-state index >= 15 is 0 Å². The van der Waals surface area contributed by atoms with Gasteiger partial charge in [-0.05, 0) is 30.2 Å². The molecule has 25 heavy (non-hydrogen) atoms. The maximum atomic E-state index is 11.6. The summed E-state index contributed by atoms with van der Waals surface area (Å²) in [6, 6.07) is 7.25. The first kappa shape index (κ1) is 18.0. The Morgan fingerprint density at radius 1 is 1.40 bits per heavy atom. The third-order valence-electron chi connectivity index (χ3n) is 3.55. The van der Waals surface area contributed by atoms with E-state index < -0.39 is 5.91 Å².